The van der Waals surface area contributed by atoms with Gasteiger partial charge in [0.2, 0.25) is 11.6 Å². The first-order valence-electron chi connectivity index (χ1n) is 9.78. The fourth-order valence-electron chi connectivity index (χ4n) is 3.28. The van der Waals surface area contributed by atoms with Gasteiger partial charge in [-0.15, -0.1) is 11.3 Å². The van der Waals surface area contributed by atoms with Gasteiger partial charge in [-0.2, -0.15) is 5.10 Å². The largest absolute Gasteiger partial charge is 0.454 e. The van der Waals surface area contributed by atoms with Crippen molar-refractivity contribution in [2.24, 2.45) is 10.1 Å². The third-order valence-electron chi connectivity index (χ3n) is 4.85. The summed E-state index contributed by atoms with van der Waals surface area (Å²) in [6.07, 6.45) is 1.44. The smallest absolute Gasteiger partial charge is 0.282 e. The van der Waals surface area contributed by atoms with Crippen molar-refractivity contribution in [1.82, 2.24) is 4.68 Å². The van der Waals surface area contributed by atoms with Crippen LogP contribution in [0.3, 0.4) is 0 Å². The van der Waals surface area contributed by atoms with Crippen molar-refractivity contribution in [3.63, 3.8) is 0 Å². The SMILES string of the molecule is O=[N+]([O-])c1cc2c(cc1C=Nn1c(-c3ccccc3Br)csc1=Nc1ccccc1)OCO2. The number of benzene rings is 3. The Morgan fingerprint density at radius 1 is 1.06 bits per heavy atom. The molecule has 3 aromatic carbocycles. The Balaban J connectivity index is 1.67. The van der Waals surface area contributed by atoms with Gasteiger partial charge in [0.05, 0.1) is 34.1 Å². The quantitative estimate of drug-likeness (QED) is 0.190. The molecule has 0 unspecified atom stereocenters. The molecular weight excluding hydrogens is 508 g/mol. The summed E-state index contributed by atoms with van der Waals surface area (Å²) in [5.41, 5.74) is 2.66. The molecule has 8 nitrogen and oxygen atoms in total. The number of aromatic nitrogens is 1. The minimum absolute atomic E-state index is 0.0264. The number of ether oxygens (including phenoxy) is 2. The standard InChI is InChI=1S/C23H15BrN4O4S/c24-18-9-5-4-8-17(18)20-13-33-23(26-16-6-2-1-3-7-16)27(20)25-12-15-10-21-22(32-14-31-21)11-19(15)28(29)30/h1-13H,14H2. The zero-order chi connectivity index (χ0) is 22.8. The Bertz CT molecular complexity index is 1450. The third-order valence-corrected chi connectivity index (χ3v) is 6.35. The molecule has 0 spiro atoms. The molecule has 0 saturated heterocycles. The fourth-order valence-corrected chi connectivity index (χ4v) is 4.62. The molecule has 4 aromatic rings. The van der Waals surface area contributed by atoms with E-state index in [1.807, 2.05) is 60.0 Å². The molecule has 0 radical (unpaired) electrons. The number of hydrogen-bond acceptors (Lipinski definition) is 7. The van der Waals surface area contributed by atoms with E-state index in [4.69, 9.17) is 14.5 Å². The highest BCUT2D eigenvalue weighted by Gasteiger charge is 2.22. The molecule has 0 N–H and O–H groups in total. The van der Waals surface area contributed by atoms with Crippen molar-refractivity contribution in [3.05, 3.63) is 97.1 Å². The van der Waals surface area contributed by atoms with Crippen molar-refractivity contribution in [2.75, 3.05) is 6.79 Å². The highest BCUT2D eigenvalue weighted by atomic mass is 79.9. The van der Waals surface area contributed by atoms with Gasteiger partial charge >= 0.3 is 0 Å². The van der Waals surface area contributed by atoms with Gasteiger partial charge in [0, 0.05) is 15.4 Å². The summed E-state index contributed by atoms with van der Waals surface area (Å²) in [6.45, 7) is 0.0264. The van der Waals surface area contributed by atoms with E-state index in [0.717, 1.165) is 21.4 Å². The molecule has 164 valence electrons. The molecule has 1 aliphatic heterocycles. The molecule has 0 bridgehead atoms. The second-order valence-electron chi connectivity index (χ2n) is 6.91. The topological polar surface area (TPSA) is 91.2 Å². The molecule has 0 saturated carbocycles. The lowest BCUT2D eigenvalue weighted by Gasteiger charge is -2.06. The van der Waals surface area contributed by atoms with Crippen LogP contribution in [-0.4, -0.2) is 22.6 Å². The van der Waals surface area contributed by atoms with Crippen LogP contribution in [0.5, 0.6) is 11.5 Å². The maximum absolute atomic E-state index is 11.6. The normalized spacial score (nSPS) is 13.1. The van der Waals surface area contributed by atoms with Crippen LogP contribution in [0, 0.1) is 10.1 Å². The highest BCUT2D eigenvalue weighted by Crippen LogP contribution is 2.37. The van der Waals surface area contributed by atoms with Gasteiger partial charge in [0.1, 0.15) is 0 Å². The average Bonchev–Trinajstić information content (AvgIpc) is 3.44. The number of thiazole rings is 1. The number of nitrogens with zero attached hydrogens (tertiary/aromatic N) is 4. The van der Waals surface area contributed by atoms with Gasteiger partial charge in [-0.3, -0.25) is 10.1 Å². The van der Waals surface area contributed by atoms with Gasteiger partial charge in [-0.1, -0.05) is 52.3 Å². The minimum Gasteiger partial charge on any atom is -0.454 e. The van der Waals surface area contributed by atoms with Crippen molar-refractivity contribution in [1.29, 1.82) is 0 Å². The average molecular weight is 523 g/mol. The van der Waals surface area contributed by atoms with E-state index in [9.17, 15) is 10.1 Å². The Kier molecular flexibility index (Phi) is 5.76. The number of halogens is 1. The van der Waals surface area contributed by atoms with E-state index in [2.05, 4.69) is 21.0 Å². The van der Waals surface area contributed by atoms with Crippen LogP contribution in [0.4, 0.5) is 11.4 Å². The van der Waals surface area contributed by atoms with Gasteiger partial charge in [0.15, 0.2) is 11.5 Å². The lowest BCUT2D eigenvalue weighted by molar-refractivity contribution is -0.385. The van der Waals surface area contributed by atoms with E-state index in [-0.39, 0.29) is 12.5 Å². The van der Waals surface area contributed by atoms with E-state index in [1.165, 1.54) is 23.6 Å². The van der Waals surface area contributed by atoms with Crippen LogP contribution in [-0.2, 0) is 0 Å². The second-order valence-corrected chi connectivity index (χ2v) is 8.60. The zero-order valence-corrected chi connectivity index (χ0v) is 19.3. The van der Waals surface area contributed by atoms with Gasteiger partial charge in [-0.05, 0) is 24.3 Å². The van der Waals surface area contributed by atoms with Gasteiger partial charge in [-0.25, -0.2) is 9.67 Å². The number of nitro benzene ring substituents is 1. The van der Waals surface area contributed by atoms with Gasteiger partial charge in [0.25, 0.3) is 5.69 Å². The summed E-state index contributed by atoms with van der Waals surface area (Å²) in [6, 6.07) is 20.2. The molecule has 1 aromatic heterocycles. The van der Waals surface area contributed by atoms with Crippen LogP contribution in [0.1, 0.15) is 5.56 Å². The first-order chi connectivity index (χ1) is 16.1. The summed E-state index contributed by atoms with van der Waals surface area (Å²) in [5, 5.41) is 18.2. The fraction of sp³-hybridized carbons (Fsp3) is 0.0435. The number of rotatable bonds is 5. The number of nitro groups is 1. The van der Waals surface area contributed by atoms with Crippen molar-refractivity contribution in [2.45, 2.75) is 0 Å². The minimum atomic E-state index is -0.467. The molecular formula is C23H15BrN4O4S. The van der Waals surface area contributed by atoms with Crippen molar-refractivity contribution in [3.8, 4) is 22.8 Å². The lowest BCUT2D eigenvalue weighted by Crippen LogP contribution is -2.12. The molecule has 5 rings (SSSR count). The first kappa shape index (κ1) is 21.1. The second kappa shape index (κ2) is 9.00. The van der Waals surface area contributed by atoms with Crippen LogP contribution in [0.15, 0.2) is 86.7 Å². The third kappa shape index (κ3) is 4.30. The summed E-state index contributed by atoms with van der Waals surface area (Å²) in [4.78, 5) is 16.5. The van der Waals surface area contributed by atoms with E-state index < -0.39 is 4.92 Å². The van der Waals surface area contributed by atoms with E-state index >= 15 is 0 Å². The number of hydrogen-bond donors (Lipinski definition) is 0. The lowest BCUT2D eigenvalue weighted by atomic mass is 10.1. The Morgan fingerprint density at radius 3 is 2.55 bits per heavy atom. The van der Waals surface area contributed by atoms with E-state index in [1.54, 1.807) is 10.7 Å². The molecule has 0 aliphatic carbocycles. The summed E-state index contributed by atoms with van der Waals surface area (Å²) in [7, 11) is 0. The first-order valence-corrected chi connectivity index (χ1v) is 11.4. The van der Waals surface area contributed by atoms with Crippen LogP contribution < -0.4 is 14.3 Å². The molecule has 33 heavy (non-hydrogen) atoms. The summed E-state index contributed by atoms with van der Waals surface area (Å²) < 4.78 is 13.2. The van der Waals surface area contributed by atoms with E-state index in [0.29, 0.717) is 21.9 Å². The molecule has 1 aliphatic rings. The Labute approximate surface area is 200 Å². The van der Waals surface area contributed by atoms with Gasteiger partial charge < -0.3 is 9.47 Å². The van der Waals surface area contributed by atoms with Crippen LogP contribution in [0.25, 0.3) is 11.3 Å². The van der Waals surface area contributed by atoms with Crippen LogP contribution >= 0.6 is 27.3 Å². The number of fused-ring (bicyclic) bond motifs is 1. The monoisotopic (exact) mass is 522 g/mol. The highest BCUT2D eigenvalue weighted by molar-refractivity contribution is 9.10. The van der Waals surface area contributed by atoms with Crippen molar-refractivity contribution >= 4 is 44.9 Å². The predicted molar refractivity (Wildman–Crippen MR) is 129 cm³/mol. The molecule has 10 heteroatoms. The van der Waals surface area contributed by atoms with Crippen LogP contribution in [0.2, 0.25) is 0 Å². The Morgan fingerprint density at radius 2 is 1.79 bits per heavy atom. The maximum Gasteiger partial charge on any atom is 0.282 e. The van der Waals surface area contributed by atoms with Crippen molar-refractivity contribution < 1.29 is 14.4 Å². The molecule has 0 fully saturated rings. The molecule has 0 atom stereocenters. The summed E-state index contributed by atoms with van der Waals surface area (Å²) >= 11 is 5.02. The predicted octanol–water partition coefficient (Wildman–Crippen LogP) is 5.73. The molecule has 2 heterocycles. The Hall–Kier alpha value is -3.76. The molecule has 0 amide bonds. The zero-order valence-electron chi connectivity index (χ0n) is 16.9. The number of para-hydroxylation sites is 1. The maximum atomic E-state index is 11.6. The summed E-state index contributed by atoms with van der Waals surface area (Å²) in [5.74, 6) is 0.785.